The molecule has 4 atom stereocenters. The van der Waals surface area contributed by atoms with E-state index in [1.807, 2.05) is 0 Å². The lowest BCUT2D eigenvalue weighted by Crippen LogP contribution is -2.58. The highest BCUT2D eigenvalue weighted by Crippen LogP contribution is 2.49. The molecule has 4 rings (SSSR count). The zero-order valence-corrected chi connectivity index (χ0v) is 9.37. The minimum atomic E-state index is -1.17. The summed E-state index contributed by atoms with van der Waals surface area (Å²) in [5, 5.41) is 0. The van der Waals surface area contributed by atoms with Crippen LogP contribution in [0.1, 0.15) is 12.8 Å². The molecular weight excluding hydrogens is 238 g/mol. The van der Waals surface area contributed by atoms with Crippen LogP contribution in [-0.4, -0.2) is 40.3 Å². The molecule has 4 amide bonds. The second-order valence-electron chi connectivity index (χ2n) is 5.14. The number of fused-ring (bicyclic) bond motifs is 5. The monoisotopic (exact) mass is 248 g/mol. The molecule has 4 heterocycles. The average Bonchev–Trinajstić information content (AvgIpc) is 3.05. The highest BCUT2D eigenvalue weighted by Gasteiger charge is 2.77. The predicted octanol–water partition coefficient (Wildman–Crippen LogP) is -0.713. The Morgan fingerprint density at radius 3 is 1.78 bits per heavy atom. The molecule has 3 fully saturated rings. The topological polar surface area (TPSA) is 77.5 Å². The molecule has 0 saturated carbocycles. The van der Waals surface area contributed by atoms with Crippen LogP contribution in [0, 0.1) is 11.8 Å². The van der Waals surface area contributed by atoms with E-state index >= 15 is 0 Å². The fourth-order valence-electron chi connectivity index (χ4n) is 3.63. The normalized spacial score (nSPS) is 43.6. The van der Waals surface area contributed by atoms with Crippen molar-refractivity contribution in [2.24, 2.45) is 11.8 Å². The van der Waals surface area contributed by atoms with Crippen molar-refractivity contribution >= 4 is 23.6 Å². The third kappa shape index (κ3) is 0.804. The number of amides is 4. The molecule has 1 spiro atoms. The summed E-state index contributed by atoms with van der Waals surface area (Å²) >= 11 is 0. The molecule has 0 aromatic carbocycles. The maximum atomic E-state index is 12.4. The van der Waals surface area contributed by atoms with E-state index in [9.17, 15) is 19.2 Å². The summed E-state index contributed by atoms with van der Waals surface area (Å²) in [5.41, 5.74) is 0. The Balaban J connectivity index is 1.91. The Hall–Kier alpha value is -1.66. The second kappa shape index (κ2) is 2.84. The quantitative estimate of drug-likeness (QED) is 0.321. The molecule has 0 radical (unpaired) electrons. The summed E-state index contributed by atoms with van der Waals surface area (Å²) in [7, 11) is 0. The van der Waals surface area contributed by atoms with Crippen LogP contribution in [0.15, 0.2) is 12.2 Å². The zero-order chi connectivity index (χ0) is 12.7. The number of carbonyl (C=O) groups is 4. The molecule has 3 saturated heterocycles. The van der Waals surface area contributed by atoms with Crippen LogP contribution in [-0.2, 0) is 23.9 Å². The number of rotatable bonds is 0. The van der Waals surface area contributed by atoms with Crippen LogP contribution in [0.4, 0.5) is 0 Å². The summed E-state index contributed by atoms with van der Waals surface area (Å²) in [4.78, 5) is 48.7. The van der Waals surface area contributed by atoms with Gasteiger partial charge < -0.3 is 4.74 Å². The van der Waals surface area contributed by atoms with Crippen molar-refractivity contribution in [2.75, 3.05) is 0 Å². The molecule has 6 nitrogen and oxygen atoms in total. The van der Waals surface area contributed by atoms with E-state index in [-0.39, 0.29) is 12.8 Å². The molecule has 6 heteroatoms. The lowest BCUT2D eigenvalue weighted by atomic mass is 9.85. The third-order valence-corrected chi connectivity index (χ3v) is 4.43. The van der Waals surface area contributed by atoms with E-state index in [1.165, 1.54) is 0 Å². The molecule has 0 N–H and O–H groups in total. The van der Waals surface area contributed by atoms with E-state index in [0.717, 1.165) is 0 Å². The maximum Gasteiger partial charge on any atom is 0.343 e. The van der Waals surface area contributed by atoms with Crippen LogP contribution < -0.4 is 0 Å². The van der Waals surface area contributed by atoms with Gasteiger partial charge >= 0.3 is 23.6 Å². The first kappa shape index (κ1) is 10.3. The van der Waals surface area contributed by atoms with E-state index < -0.39 is 52.2 Å². The summed E-state index contributed by atoms with van der Waals surface area (Å²) in [6.45, 7) is 0. The van der Waals surface area contributed by atoms with Gasteiger partial charge in [0.05, 0.1) is 25.0 Å². The van der Waals surface area contributed by atoms with Gasteiger partial charge in [-0.15, -0.1) is 0 Å². The zero-order valence-electron chi connectivity index (χ0n) is 9.37. The smallest absolute Gasteiger partial charge is 0.343 e. The lowest BCUT2D eigenvalue weighted by Gasteiger charge is -2.19. The Bertz CT molecular complexity index is 515. The van der Waals surface area contributed by atoms with Crippen molar-refractivity contribution in [3.63, 3.8) is 0 Å². The van der Waals surface area contributed by atoms with E-state index in [4.69, 9.17) is 4.74 Å². The first-order chi connectivity index (χ1) is 8.58. The predicted molar refractivity (Wildman–Crippen MR) is 54.3 cm³/mol. The van der Waals surface area contributed by atoms with Crippen LogP contribution >= 0.6 is 0 Å². The van der Waals surface area contributed by atoms with Gasteiger partial charge in [0.25, 0.3) is 0 Å². The van der Waals surface area contributed by atoms with Crippen LogP contribution in [0.3, 0.4) is 0 Å². The van der Waals surface area contributed by atoms with Crippen LogP contribution in [0.25, 0.3) is 0 Å². The van der Waals surface area contributed by atoms with Gasteiger partial charge in [0, 0.05) is 0 Å². The number of carbonyl (C=O) groups excluding carboxylic acids is 4. The van der Waals surface area contributed by atoms with E-state index in [2.05, 4.69) is 0 Å². The van der Waals surface area contributed by atoms with Crippen molar-refractivity contribution < 1.29 is 28.4 Å². The molecule has 0 aliphatic carbocycles. The van der Waals surface area contributed by atoms with E-state index in [1.54, 1.807) is 12.2 Å². The number of imide groups is 6. The minimum absolute atomic E-state index is 0.0145. The first-order valence-corrected chi connectivity index (χ1v) is 5.97. The largest absolute Gasteiger partial charge is 0.365 e. The first-order valence-electron chi connectivity index (χ1n) is 5.97. The molecule has 4 aliphatic heterocycles. The molecule has 4 unspecified atom stereocenters. The molecule has 18 heavy (non-hydrogen) atoms. The van der Waals surface area contributed by atoms with Gasteiger partial charge in [0.2, 0.25) is 0 Å². The SMILES string of the molecule is O=C1CCC(=O)[N+]12C(=O)C1C3C=CC(O3)C1C2=O. The van der Waals surface area contributed by atoms with Gasteiger partial charge in [-0.2, -0.15) is 0 Å². The molecule has 0 aromatic heterocycles. The number of ether oxygens (including phenoxy) is 1. The fraction of sp³-hybridized carbons (Fsp3) is 0.500. The summed E-state index contributed by atoms with van der Waals surface area (Å²) < 4.78 is 4.29. The number of quaternary nitrogens is 1. The molecule has 92 valence electrons. The number of hydrogen-bond donors (Lipinski definition) is 0. The molecule has 0 aromatic rings. The van der Waals surface area contributed by atoms with Gasteiger partial charge in [-0.25, -0.2) is 19.2 Å². The Morgan fingerprint density at radius 1 is 0.889 bits per heavy atom. The van der Waals surface area contributed by atoms with Crippen molar-refractivity contribution in [2.45, 2.75) is 25.0 Å². The van der Waals surface area contributed by atoms with Gasteiger partial charge in [0.1, 0.15) is 11.8 Å². The minimum Gasteiger partial charge on any atom is -0.365 e. The average molecular weight is 248 g/mol. The van der Waals surface area contributed by atoms with Gasteiger partial charge in [-0.05, 0) is 0 Å². The maximum absolute atomic E-state index is 12.4. The molecular formula is C12H10NO5+. The molecule has 2 bridgehead atoms. The Labute approximate surface area is 102 Å². The Morgan fingerprint density at radius 2 is 1.33 bits per heavy atom. The number of nitrogens with zero attached hydrogens (tertiary/aromatic N) is 1. The highest BCUT2D eigenvalue weighted by molar-refractivity contribution is 6.17. The Kier molecular flexibility index (Phi) is 1.62. The van der Waals surface area contributed by atoms with Gasteiger partial charge in [0.15, 0.2) is 0 Å². The van der Waals surface area contributed by atoms with Gasteiger partial charge in [-0.1, -0.05) is 16.6 Å². The van der Waals surface area contributed by atoms with Crippen molar-refractivity contribution in [3.8, 4) is 0 Å². The number of hydrogen-bond acceptors (Lipinski definition) is 5. The van der Waals surface area contributed by atoms with E-state index in [0.29, 0.717) is 0 Å². The van der Waals surface area contributed by atoms with Crippen LogP contribution in [0.2, 0.25) is 0 Å². The van der Waals surface area contributed by atoms with Gasteiger partial charge in [-0.3, -0.25) is 0 Å². The fourth-order valence-corrected chi connectivity index (χ4v) is 3.63. The van der Waals surface area contributed by atoms with Crippen LogP contribution in [0.5, 0.6) is 0 Å². The summed E-state index contributed by atoms with van der Waals surface area (Å²) in [6, 6.07) is 0. The highest BCUT2D eigenvalue weighted by atomic mass is 16.5. The van der Waals surface area contributed by atoms with Crippen molar-refractivity contribution in [1.82, 2.24) is 0 Å². The molecule has 4 aliphatic rings. The summed E-state index contributed by atoms with van der Waals surface area (Å²) in [5.74, 6) is -3.59. The van der Waals surface area contributed by atoms with Crippen molar-refractivity contribution in [1.29, 1.82) is 0 Å². The third-order valence-electron chi connectivity index (χ3n) is 4.43. The lowest BCUT2D eigenvalue weighted by molar-refractivity contribution is -0.616. The standard InChI is InChI=1S/C12H10NO5/c14-7-3-4-8(15)13(7)11(16)9-5-1-2-6(18-5)10(9)12(13)17/h1-2,5-6,9-10H,3-4H2/q+1. The summed E-state index contributed by atoms with van der Waals surface area (Å²) in [6.07, 6.45) is 2.55. The van der Waals surface area contributed by atoms with Crippen molar-refractivity contribution in [3.05, 3.63) is 12.2 Å². The second-order valence-corrected chi connectivity index (χ2v) is 5.14.